The van der Waals surface area contributed by atoms with Crippen LogP contribution in [0.5, 0.6) is 0 Å². The van der Waals surface area contributed by atoms with Gasteiger partial charge in [-0.3, -0.25) is 4.79 Å². The van der Waals surface area contributed by atoms with Crippen LogP contribution in [0.25, 0.3) is 0 Å². The maximum Gasteiger partial charge on any atom is 0.234 e. The predicted molar refractivity (Wildman–Crippen MR) is 79.7 cm³/mol. The van der Waals surface area contributed by atoms with Crippen molar-refractivity contribution in [3.05, 3.63) is 24.3 Å². The molecule has 1 aromatic rings. The van der Waals surface area contributed by atoms with Crippen molar-refractivity contribution in [3.63, 3.8) is 0 Å². The minimum Gasteiger partial charge on any atom is -0.379 e. The summed E-state index contributed by atoms with van der Waals surface area (Å²) in [5, 5.41) is 2.76. The number of sulfone groups is 1. The normalized spacial score (nSPS) is 25.8. The molecule has 1 aliphatic rings. The van der Waals surface area contributed by atoms with Crippen LogP contribution in [0.15, 0.2) is 29.2 Å². The van der Waals surface area contributed by atoms with Crippen molar-refractivity contribution in [2.24, 2.45) is 11.1 Å². The van der Waals surface area contributed by atoms with Gasteiger partial charge in [-0.1, -0.05) is 6.92 Å². The summed E-state index contributed by atoms with van der Waals surface area (Å²) in [5.74, 6) is -0.179. The van der Waals surface area contributed by atoms with Crippen LogP contribution >= 0.6 is 0 Å². The maximum atomic E-state index is 12.3. The van der Waals surface area contributed by atoms with Crippen molar-refractivity contribution in [2.45, 2.75) is 24.8 Å². The van der Waals surface area contributed by atoms with Gasteiger partial charge in [0.1, 0.15) is 0 Å². The highest BCUT2D eigenvalue weighted by Gasteiger charge is 2.44. The van der Waals surface area contributed by atoms with Crippen molar-refractivity contribution in [1.29, 1.82) is 0 Å². The van der Waals surface area contributed by atoms with Crippen LogP contribution in [0.3, 0.4) is 0 Å². The maximum absolute atomic E-state index is 12.3. The van der Waals surface area contributed by atoms with Gasteiger partial charge in [0.2, 0.25) is 5.91 Å². The molecule has 0 aromatic heterocycles. The molecule has 1 amide bonds. The molecule has 1 aliphatic heterocycles. The minimum atomic E-state index is -3.23. The van der Waals surface area contributed by atoms with E-state index in [1.807, 2.05) is 0 Å². The van der Waals surface area contributed by atoms with E-state index in [1.165, 1.54) is 12.1 Å². The van der Waals surface area contributed by atoms with E-state index in [0.717, 1.165) is 0 Å². The summed E-state index contributed by atoms with van der Waals surface area (Å²) in [7, 11) is -3.23. The molecule has 1 saturated heterocycles. The second-order valence-corrected chi connectivity index (χ2v) is 7.70. The van der Waals surface area contributed by atoms with Crippen molar-refractivity contribution >= 4 is 21.4 Å². The zero-order chi connectivity index (χ0) is 15.7. The standard InChI is InChI=1S/C14H20N2O4S/c1-3-21(18,19)11-6-4-10(5-7-11)16-13(17)14(2)9-20-8-12(14)15/h4-7,12H,3,8-9,15H2,1-2H3,(H,16,17). The summed E-state index contributed by atoms with van der Waals surface area (Å²) in [6, 6.07) is 5.78. The molecule has 7 heteroatoms. The lowest BCUT2D eigenvalue weighted by atomic mass is 9.85. The molecule has 21 heavy (non-hydrogen) atoms. The summed E-state index contributed by atoms with van der Waals surface area (Å²) in [5.41, 5.74) is 5.67. The largest absolute Gasteiger partial charge is 0.379 e. The number of ether oxygens (including phenoxy) is 1. The Kier molecular flexibility index (Phi) is 4.36. The van der Waals surface area contributed by atoms with E-state index in [9.17, 15) is 13.2 Å². The Morgan fingerprint density at radius 1 is 1.43 bits per heavy atom. The van der Waals surface area contributed by atoms with Crippen molar-refractivity contribution in [3.8, 4) is 0 Å². The van der Waals surface area contributed by atoms with Crippen LogP contribution in [0.4, 0.5) is 5.69 Å². The fraction of sp³-hybridized carbons (Fsp3) is 0.500. The van der Waals surface area contributed by atoms with Crippen LogP contribution in [-0.4, -0.2) is 39.3 Å². The third-order valence-corrected chi connectivity index (χ3v) is 5.64. The molecule has 3 N–H and O–H groups in total. The average Bonchev–Trinajstić information content (AvgIpc) is 2.80. The first-order chi connectivity index (χ1) is 9.79. The number of rotatable bonds is 4. The first-order valence-corrected chi connectivity index (χ1v) is 8.42. The van der Waals surface area contributed by atoms with Gasteiger partial charge in [-0.25, -0.2) is 8.42 Å². The van der Waals surface area contributed by atoms with E-state index in [4.69, 9.17) is 10.5 Å². The van der Waals surface area contributed by atoms with Crippen LogP contribution in [0.1, 0.15) is 13.8 Å². The van der Waals surface area contributed by atoms with Crippen LogP contribution < -0.4 is 11.1 Å². The van der Waals surface area contributed by atoms with Gasteiger partial charge in [-0.15, -0.1) is 0 Å². The number of hydrogen-bond acceptors (Lipinski definition) is 5. The molecule has 1 fully saturated rings. The molecule has 2 rings (SSSR count). The summed E-state index contributed by atoms with van der Waals surface area (Å²) in [4.78, 5) is 12.5. The van der Waals surface area contributed by atoms with Gasteiger partial charge in [0.25, 0.3) is 0 Å². The lowest BCUT2D eigenvalue weighted by Gasteiger charge is -2.25. The van der Waals surface area contributed by atoms with Gasteiger partial charge in [0.05, 0.1) is 29.3 Å². The SMILES string of the molecule is CCS(=O)(=O)c1ccc(NC(=O)C2(C)COCC2N)cc1. The Hall–Kier alpha value is -1.44. The fourth-order valence-electron chi connectivity index (χ4n) is 2.11. The number of amides is 1. The van der Waals surface area contributed by atoms with Crippen molar-refractivity contribution in [2.75, 3.05) is 24.3 Å². The summed E-state index contributed by atoms with van der Waals surface area (Å²) >= 11 is 0. The number of nitrogens with two attached hydrogens (primary N) is 1. The van der Waals surface area contributed by atoms with Gasteiger partial charge in [0.15, 0.2) is 9.84 Å². The number of benzene rings is 1. The monoisotopic (exact) mass is 312 g/mol. The van der Waals surface area contributed by atoms with Gasteiger partial charge in [0, 0.05) is 11.7 Å². The van der Waals surface area contributed by atoms with Gasteiger partial charge >= 0.3 is 0 Å². The van der Waals surface area contributed by atoms with Gasteiger partial charge in [-0.2, -0.15) is 0 Å². The van der Waals surface area contributed by atoms with E-state index >= 15 is 0 Å². The Morgan fingerprint density at radius 2 is 2.05 bits per heavy atom. The number of carbonyl (C=O) groups is 1. The quantitative estimate of drug-likeness (QED) is 0.856. The van der Waals surface area contributed by atoms with E-state index in [1.54, 1.807) is 26.0 Å². The zero-order valence-corrected chi connectivity index (χ0v) is 12.9. The first kappa shape index (κ1) is 15.9. The highest BCUT2D eigenvalue weighted by Crippen LogP contribution is 2.29. The predicted octanol–water partition coefficient (Wildman–Crippen LogP) is 0.783. The summed E-state index contributed by atoms with van der Waals surface area (Å²) in [6.07, 6.45) is 0. The second-order valence-electron chi connectivity index (χ2n) is 5.42. The van der Waals surface area contributed by atoms with E-state index in [2.05, 4.69) is 5.32 Å². The van der Waals surface area contributed by atoms with E-state index in [-0.39, 0.29) is 29.2 Å². The van der Waals surface area contributed by atoms with Crippen LogP contribution in [-0.2, 0) is 19.4 Å². The summed E-state index contributed by atoms with van der Waals surface area (Å²) < 4.78 is 28.7. The number of nitrogens with one attached hydrogen (secondary N) is 1. The molecular formula is C14H20N2O4S. The molecular weight excluding hydrogens is 292 g/mol. The highest BCUT2D eigenvalue weighted by atomic mass is 32.2. The third kappa shape index (κ3) is 3.09. The molecule has 0 aliphatic carbocycles. The average molecular weight is 312 g/mol. The van der Waals surface area contributed by atoms with Gasteiger partial charge in [-0.05, 0) is 31.2 Å². The van der Waals surface area contributed by atoms with Gasteiger partial charge < -0.3 is 15.8 Å². The molecule has 0 radical (unpaired) electrons. The molecule has 6 nitrogen and oxygen atoms in total. The van der Waals surface area contributed by atoms with Crippen LogP contribution in [0.2, 0.25) is 0 Å². The van der Waals surface area contributed by atoms with Crippen molar-refractivity contribution in [1.82, 2.24) is 0 Å². The zero-order valence-electron chi connectivity index (χ0n) is 12.1. The first-order valence-electron chi connectivity index (χ1n) is 6.77. The highest BCUT2D eigenvalue weighted by molar-refractivity contribution is 7.91. The summed E-state index contributed by atoms with van der Waals surface area (Å²) in [6.45, 7) is 3.99. The van der Waals surface area contributed by atoms with Crippen molar-refractivity contribution < 1.29 is 17.9 Å². The lowest BCUT2D eigenvalue weighted by molar-refractivity contribution is -0.125. The molecule has 0 saturated carbocycles. The molecule has 2 unspecified atom stereocenters. The Bertz CT molecular complexity index is 627. The molecule has 1 aromatic carbocycles. The number of hydrogen-bond donors (Lipinski definition) is 2. The minimum absolute atomic E-state index is 0.0446. The topological polar surface area (TPSA) is 98.5 Å². The lowest BCUT2D eigenvalue weighted by Crippen LogP contribution is -2.47. The van der Waals surface area contributed by atoms with E-state index < -0.39 is 15.3 Å². The third-order valence-electron chi connectivity index (χ3n) is 3.89. The Labute approximate surface area is 124 Å². The molecule has 2 atom stereocenters. The van der Waals surface area contributed by atoms with E-state index in [0.29, 0.717) is 12.3 Å². The number of carbonyl (C=O) groups excluding carboxylic acids is 1. The second kappa shape index (κ2) is 5.75. The Morgan fingerprint density at radius 3 is 2.52 bits per heavy atom. The fourth-order valence-corrected chi connectivity index (χ4v) is 2.99. The van der Waals surface area contributed by atoms with Crippen LogP contribution in [0, 0.1) is 5.41 Å². The molecule has 0 bridgehead atoms. The smallest absolute Gasteiger partial charge is 0.234 e. The number of anilines is 1. The molecule has 116 valence electrons. The molecule has 0 spiro atoms. The Balaban J connectivity index is 2.12. The molecule has 1 heterocycles.